The van der Waals surface area contributed by atoms with Gasteiger partial charge in [-0.15, -0.1) is 0 Å². The molecule has 1 aromatic rings. The summed E-state index contributed by atoms with van der Waals surface area (Å²) in [6.07, 6.45) is 0.763. The van der Waals surface area contributed by atoms with Crippen LogP contribution in [0.3, 0.4) is 0 Å². The molecule has 0 saturated heterocycles. The Hall–Kier alpha value is -0.910. The fourth-order valence-corrected chi connectivity index (χ4v) is 3.93. The molecule has 0 bridgehead atoms. The summed E-state index contributed by atoms with van der Waals surface area (Å²) in [5, 5.41) is 3.25. The smallest absolute Gasteiger partial charge is 0.243 e. The summed E-state index contributed by atoms with van der Waals surface area (Å²) < 4.78 is 27.3. The van der Waals surface area contributed by atoms with Crippen LogP contribution in [0.2, 0.25) is 0 Å². The third-order valence-corrected chi connectivity index (χ3v) is 6.53. The Morgan fingerprint density at radius 3 is 2.38 bits per heavy atom. The maximum absolute atomic E-state index is 12.9. The molecule has 0 amide bonds. The van der Waals surface area contributed by atoms with Gasteiger partial charge >= 0.3 is 0 Å². The summed E-state index contributed by atoms with van der Waals surface area (Å²) >= 11 is 0. The van der Waals surface area contributed by atoms with Crippen molar-refractivity contribution < 1.29 is 8.42 Å². The molecule has 4 nitrogen and oxygen atoms in total. The number of sulfonamides is 1. The lowest BCUT2D eigenvalue weighted by Crippen LogP contribution is -2.44. The number of hydrogen-bond acceptors (Lipinski definition) is 3. The molecule has 0 aromatic heterocycles. The molecular formula is C16H28N2O2S. The molecule has 0 aliphatic carbocycles. The van der Waals surface area contributed by atoms with E-state index in [0.29, 0.717) is 11.4 Å². The molecule has 1 rings (SSSR count). The number of rotatable bonds is 7. The van der Waals surface area contributed by atoms with E-state index in [1.807, 2.05) is 46.8 Å². The Labute approximate surface area is 129 Å². The van der Waals surface area contributed by atoms with Crippen LogP contribution in [0.4, 0.5) is 0 Å². The second kappa shape index (κ2) is 6.90. The Kier molecular flexibility index (Phi) is 5.96. The van der Waals surface area contributed by atoms with Crippen LogP contribution in [0.5, 0.6) is 0 Å². The second-order valence-electron chi connectivity index (χ2n) is 5.96. The predicted molar refractivity (Wildman–Crippen MR) is 87.9 cm³/mol. The zero-order valence-electron chi connectivity index (χ0n) is 14.0. The molecule has 0 spiro atoms. The van der Waals surface area contributed by atoms with Gasteiger partial charge < -0.3 is 5.32 Å². The van der Waals surface area contributed by atoms with Gasteiger partial charge in [0.15, 0.2) is 0 Å². The van der Waals surface area contributed by atoms with E-state index in [1.54, 1.807) is 13.1 Å². The van der Waals surface area contributed by atoms with Crippen LogP contribution in [0, 0.1) is 6.92 Å². The Bertz CT molecular complexity index is 580. The minimum absolute atomic E-state index is 0.400. The molecule has 0 saturated carbocycles. The molecule has 1 aromatic carbocycles. The normalized spacial score (nSPS) is 12.9. The lowest BCUT2D eigenvalue weighted by Gasteiger charge is -2.34. The zero-order chi connectivity index (χ0) is 16.3. The molecule has 0 fully saturated rings. The van der Waals surface area contributed by atoms with Crippen LogP contribution in [-0.2, 0) is 16.6 Å². The maximum Gasteiger partial charge on any atom is 0.243 e. The molecule has 1 N–H and O–H groups in total. The fraction of sp³-hybridized carbons (Fsp3) is 0.625. The van der Waals surface area contributed by atoms with Crippen molar-refractivity contribution in [2.75, 3.05) is 13.6 Å². The molecule has 0 atom stereocenters. The van der Waals surface area contributed by atoms with Gasteiger partial charge in [-0.05, 0) is 50.9 Å². The van der Waals surface area contributed by atoms with E-state index >= 15 is 0 Å². The van der Waals surface area contributed by atoms with Crippen molar-refractivity contribution in [3.63, 3.8) is 0 Å². The lowest BCUT2D eigenvalue weighted by atomic mass is 10.0. The predicted octanol–water partition coefficient (Wildman–Crippen LogP) is 2.91. The van der Waals surface area contributed by atoms with E-state index in [0.717, 1.165) is 24.1 Å². The second-order valence-corrected chi connectivity index (χ2v) is 7.90. The van der Waals surface area contributed by atoms with E-state index in [9.17, 15) is 8.42 Å². The van der Waals surface area contributed by atoms with Crippen LogP contribution in [0.1, 0.15) is 45.2 Å². The highest BCUT2D eigenvalue weighted by atomic mass is 32.2. The molecule has 0 radical (unpaired) electrons. The quantitative estimate of drug-likeness (QED) is 0.842. The van der Waals surface area contributed by atoms with Crippen LogP contribution in [0.15, 0.2) is 23.1 Å². The molecule has 21 heavy (non-hydrogen) atoms. The van der Waals surface area contributed by atoms with Crippen LogP contribution < -0.4 is 5.32 Å². The van der Waals surface area contributed by atoms with Crippen molar-refractivity contribution >= 4 is 10.0 Å². The average molecular weight is 312 g/mol. The zero-order valence-corrected chi connectivity index (χ0v) is 14.8. The molecule has 0 heterocycles. The summed E-state index contributed by atoms with van der Waals surface area (Å²) in [7, 11) is -1.82. The minimum atomic E-state index is -3.48. The number of nitrogens with one attached hydrogen (secondary N) is 1. The van der Waals surface area contributed by atoms with Gasteiger partial charge in [0.25, 0.3) is 0 Å². The third kappa shape index (κ3) is 3.84. The van der Waals surface area contributed by atoms with E-state index in [2.05, 4.69) is 5.32 Å². The Morgan fingerprint density at radius 1 is 1.24 bits per heavy atom. The number of nitrogens with zero attached hydrogens (tertiary/aromatic N) is 1. The van der Waals surface area contributed by atoms with Crippen LogP contribution >= 0.6 is 0 Å². The van der Waals surface area contributed by atoms with Crippen LogP contribution in [-0.4, -0.2) is 31.9 Å². The topological polar surface area (TPSA) is 49.4 Å². The molecular weight excluding hydrogens is 284 g/mol. The summed E-state index contributed by atoms with van der Waals surface area (Å²) in [6, 6.07) is 5.49. The first-order valence-corrected chi connectivity index (χ1v) is 8.90. The van der Waals surface area contributed by atoms with Crippen molar-refractivity contribution in [1.29, 1.82) is 0 Å². The van der Waals surface area contributed by atoms with Gasteiger partial charge in [-0.1, -0.05) is 26.0 Å². The Balaban J connectivity index is 3.26. The Morgan fingerprint density at radius 2 is 1.86 bits per heavy atom. The standard InChI is InChI=1S/C16H28N2O2S/c1-7-16(4,5)18(6)21(19,20)15-11-9-10-14(13(15)3)12-17-8-2/h9-11,17H,7-8,12H2,1-6H3. The van der Waals surface area contributed by atoms with E-state index in [-0.39, 0.29) is 0 Å². The maximum atomic E-state index is 12.9. The van der Waals surface area contributed by atoms with Gasteiger partial charge in [-0.2, -0.15) is 4.31 Å². The summed E-state index contributed by atoms with van der Waals surface area (Å²) in [5.41, 5.74) is 1.46. The average Bonchev–Trinajstić information content (AvgIpc) is 2.45. The third-order valence-electron chi connectivity index (χ3n) is 4.32. The van der Waals surface area contributed by atoms with Gasteiger partial charge in [0.2, 0.25) is 10.0 Å². The van der Waals surface area contributed by atoms with Crippen molar-refractivity contribution in [3.05, 3.63) is 29.3 Å². The van der Waals surface area contributed by atoms with Crippen molar-refractivity contribution in [3.8, 4) is 0 Å². The van der Waals surface area contributed by atoms with E-state index in [4.69, 9.17) is 0 Å². The van der Waals surface area contributed by atoms with Gasteiger partial charge in [0.1, 0.15) is 0 Å². The molecule has 0 aliphatic heterocycles. The first-order chi connectivity index (χ1) is 9.68. The molecule has 120 valence electrons. The molecule has 0 unspecified atom stereocenters. The van der Waals surface area contributed by atoms with Gasteiger partial charge in [0.05, 0.1) is 4.90 Å². The highest BCUT2D eigenvalue weighted by Crippen LogP contribution is 2.28. The monoisotopic (exact) mass is 312 g/mol. The summed E-state index contributed by atoms with van der Waals surface area (Å²) in [6.45, 7) is 11.4. The minimum Gasteiger partial charge on any atom is -0.313 e. The van der Waals surface area contributed by atoms with Crippen molar-refractivity contribution in [2.45, 2.75) is 58.0 Å². The first kappa shape index (κ1) is 18.1. The van der Waals surface area contributed by atoms with Gasteiger partial charge in [0, 0.05) is 19.1 Å². The first-order valence-electron chi connectivity index (χ1n) is 7.46. The van der Waals surface area contributed by atoms with Crippen molar-refractivity contribution in [2.24, 2.45) is 0 Å². The van der Waals surface area contributed by atoms with Crippen LogP contribution in [0.25, 0.3) is 0 Å². The molecule has 0 aliphatic rings. The lowest BCUT2D eigenvalue weighted by molar-refractivity contribution is 0.257. The van der Waals surface area contributed by atoms with Gasteiger partial charge in [-0.3, -0.25) is 0 Å². The summed E-state index contributed by atoms with van der Waals surface area (Å²) in [5.74, 6) is 0. The highest BCUT2D eigenvalue weighted by molar-refractivity contribution is 7.89. The SMILES string of the molecule is CCNCc1cccc(S(=O)(=O)N(C)C(C)(C)CC)c1C. The number of benzene rings is 1. The van der Waals surface area contributed by atoms with Gasteiger partial charge in [-0.25, -0.2) is 8.42 Å². The number of hydrogen-bond donors (Lipinski definition) is 1. The van der Waals surface area contributed by atoms with Crippen molar-refractivity contribution in [1.82, 2.24) is 9.62 Å². The van der Waals surface area contributed by atoms with E-state index < -0.39 is 15.6 Å². The van der Waals surface area contributed by atoms with E-state index in [1.165, 1.54) is 4.31 Å². The summed E-state index contributed by atoms with van der Waals surface area (Å²) in [4.78, 5) is 0.405. The molecule has 5 heteroatoms. The fourth-order valence-electron chi connectivity index (χ4n) is 2.09. The largest absolute Gasteiger partial charge is 0.313 e. The highest BCUT2D eigenvalue weighted by Gasteiger charge is 2.33.